The van der Waals surface area contributed by atoms with Crippen molar-refractivity contribution < 1.29 is 4.79 Å². The number of nitrogens with one attached hydrogen (secondary N) is 1. The van der Waals surface area contributed by atoms with Crippen LogP contribution in [0.25, 0.3) is 5.69 Å². The van der Waals surface area contributed by atoms with Gasteiger partial charge in [-0.15, -0.1) is 5.10 Å². The molecule has 0 spiro atoms. The first-order chi connectivity index (χ1) is 11.0. The molecule has 0 fully saturated rings. The zero-order valence-electron chi connectivity index (χ0n) is 12.0. The normalized spacial score (nSPS) is 10.6. The van der Waals surface area contributed by atoms with Gasteiger partial charge in [0.1, 0.15) is 11.6 Å². The highest BCUT2D eigenvalue weighted by Gasteiger charge is 2.15. The lowest BCUT2D eigenvalue weighted by Gasteiger charge is -2.02. The lowest BCUT2D eigenvalue weighted by atomic mass is 10.3. The number of pyridine rings is 1. The van der Waals surface area contributed by atoms with Crippen molar-refractivity contribution in [2.24, 2.45) is 0 Å². The van der Waals surface area contributed by atoms with E-state index >= 15 is 0 Å². The summed E-state index contributed by atoms with van der Waals surface area (Å²) < 4.78 is 2.41. The number of nitrogens with zero attached hydrogens (tertiary/aromatic N) is 4. The van der Waals surface area contributed by atoms with Crippen molar-refractivity contribution in [1.82, 2.24) is 19.7 Å². The molecule has 1 amide bonds. The first-order valence-corrected chi connectivity index (χ1v) is 7.82. The summed E-state index contributed by atoms with van der Waals surface area (Å²) in [6.07, 6.45) is 1.60. The van der Waals surface area contributed by atoms with Gasteiger partial charge in [0.15, 0.2) is 0 Å². The molecule has 0 radical (unpaired) electrons. The molecule has 0 atom stereocenters. The number of carbonyl (C=O) groups is 1. The zero-order chi connectivity index (χ0) is 16.4. The SMILES string of the molecule is Cc1nc(C(=O)Nc2ccc(Br)cn2)nn1-c1ccc(Cl)cc1. The second-order valence-electron chi connectivity index (χ2n) is 4.69. The van der Waals surface area contributed by atoms with Crippen molar-refractivity contribution in [2.45, 2.75) is 6.92 Å². The number of halogens is 2. The van der Waals surface area contributed by atoms with Crippen LogP contribution >= 0.6 is 27.5 Å². The van der Waals surface area contributed by atoms with E-state index in [0.717, 1.165) is 10.2 Å². The van der Waals surface area contributed by atoms with Crippen LogP contribution in [0.1, 0.15) is 16.4 Å². The average Bonchev–Trinajstić information content (AvgIpc) is 2.92. The van der Waals surface area contributed by atoms with Gasteiger partial charge in [0.05, 0.1) is 5.69 Å². The molecule has 0 saturated heterocycles. The van der Waals surface area contributed by atoms with Crippen LogP contribution in [-0.2, 0) is 0 Å². The van der Waals surface area contributed by atoms with Crippen LogP contribution in [0, 0.1) is 6.92 Å². The van der Waals surface area contributed by atoms with E-state index in [4.69, 9.17) is 11.6 Å². The molecular weight excluding hydrogens is 382 g/mol. The fourth-order valence-corrected chi connectivity index (χ4v) is 2.30. The largest absolute Gasteiger partial charge is 0.304 e. The first-order valence-electron chi connectivity index (χ1n) is 6.65. The summed E-state index contributed by atoms with van der Waals surface area (Å²) in [6, 6.07) is 10.6. The number of aromatic nitrogens is 4. The minimum atomic E-state index is -0.421. The highest BCUT2D eigenvalue weighted by molar-refractivity contribution is 9.10. The smallest absolute Gasteiger partial charge is 0.296 e. The number of anilines is 1. The van der Waals surface area contributed by atoms with Gasteiger partial charge in [0, 0.05) is 15.7 Å². The third kappa shape index (κ3) is 3.57. The Labute approximate surface area is 145 Å². The van der Waals surface area contributed by atoms with Crippen LogP contribution in [0.4, 0.5) is 5.82 Å². The highest BCUT2D eigenvalue weighted by Crippen LogP contribution is 2.15. The molecule has 116 valence electrons. The van der Waals surface area contributed by atoms with Gasteiger partial charge in [0.25, 0.3) is 5.91 Å². The molecule has 3 rings (SSSR count). The van der Waals surface area contributed by atoms with Crippen LogP contribution in [0.15, 0.2) is 47.1 Å². The molecule has 23 heavy (non-hydrogen) atoms. The molecule has 0 aliphatic rings. The van der Waals surface area contributed by atoms with Gasteiger partial charge in [-0.3, -0.25) is 4.79 Å². The first kappa shape index (κ1) is 15.6. The third-order valence-corrected chi connectivity index (χ3v) is 3.73. The van der Waals surface area contributed by atoms with E-state index in [0.29, 0.717) is 16.7 Å². The molecule has 2 aromatic heterocycles. The van der Waals surface area contributed by atoms with E-state index in [9.17, 15) is 4.79 Å². The maximum atomic E-state index is 12.2. The quantitative estimate of drug-likeness (QED) is 0.738. The van der Waals surface area contributed by atoms with E-state index in [2.05, 4.69) is 36.3 Å². The second-order valence-corrected chi connectivity index (χ2v) is 6.04. The Morgan fingerprint density at radius 3 is 2.61 bits per heavy atom. The Morgan fingerprint density at radius 2 is 1.96 bits per heavy atom. The summed E-state index contributed by atoms with van der Waals surface area (Å²) in [5.41, 5.74) is 0.778. The monoisotopic (exact) mass is 391 g/mol. The van der Waals surface area contributed by atoms with Crippen LogP contribution in [0.5, 0.6) is 0 Å². The number of hydrogen-bond donors (Lipinski definition) is 1. The number of benzene rings is 1. The Hall–Kier alpha value is -2.25. The zero-order valence-corrected chi connectivity index (χ0v) is 14.3. The molecule has 2 heterocycles. The lowest BCUT2D eigenvalue weighted by molar-refractivity contribution is 0.101. The number of hydrogen-bond acceptors (Lipinski definition) is 4. The van der Waals surface area contributed by atoms with E-state index in [1.54, 1.807) is 42.1 Å². The Bertz CT molecular complexity index is 845. The fourth-order valence-electron chi connectivity index (χ4n) is 1.94. The second kappa shape index (κ2) is 6.47. The molecule has 0 unspecified atom stereocenters. The van der Waals surface area contributed by atoms with Crippen molar-refractivity contribution in [1.29, 1.82) is 0 Å². The van der Waals surface area contributed by atoms with E-state index in [1.807, 2.05) is 12.1 Å². The molecule has 1 N–H and O–H groups in total. The predicted octanol–water partition coefficient (Wildman–Crippen LogP) is 3.64. The summed E-state index contributed by atoms with van der Waals surface area (Å²) >= 11 is 9.16. The number of amides is 1. The van der Waals surface area contributed by atoms with Crippen molar-refractivity contribution >= 4 is 39.3 Å². The average molecular weight is 393 g/mol. The van der Waals surface area contributed by atoms with Crippen LogP contribution in [0.2, 0.25) is 5.02 Å². The van der Waals surface area contributed by atoms with Crippen LogP contribution < -0.4 is 5.32 Å². The van der Waals surface area contributed by atoms with Crippen LogP contribution in [-0.4, -0.2) is 25.7 Å². The topological polar surface area (TPSA) is 72.7 Å². The highest BCUT2D eigenvalue weighted by atomic mass is 79.9. The maximum absolute atomic E-state index is 12.2. The maximum Gasteiger partial charge on any atom is 0.296 e. The van der Waals surface area contributed by atoms with Crippen molar-refractivity contribution in [3.8, 4) is 5.69 Å². The molecule has 3 aromatic rings. The number of carbonyl (C=O) groups excluding carboxylic acids is 1. The van der Waals surface area contributed by atoms with E-state index < -0.39 is 5.91 Å². The molecule has 0 aliphatic heterocycles. The van der Waals surface area contributed by atoms with E-state index in [-0.39, 0.29) is 5.82 Å². The Balaban J connectivity index is 1.83. The fraction of sp³-hybridized carbons (Fsp3) is 0.0667. The minimum absolute atomic E-state index is 0.0715. The van der Waals surface area contributed by atoms with E-state index in [1.165, 1.54) is 0 Å². The molecule has 0 saturated carbocycles. The van der Waals surface area contributed by atoms with Gasteiger partial charge in [0.2, 0.25) is 5.82 Å². The lowest BCUT2D eigenvalue weighted by Crippen LogP contribution is -2.15. The van der Waals surface area contributed by atoms with Gasteiger partial charge in [-0.1, -0.05) is 11.6 Å². The van der Waals surface area contributed by atoms with Gasteiger partial charge in [-0.25, -0.2) is 14.6 Å². The summed E-state index contributed by atoms with van der Waals surface area (Å²) in [5, 5.41) is 7.52. The molecular formula is C15H11BrClN5O. The molecule has 8 heteroatoms. The number of rotatable bonds is 3. The van der Waals surface area contributed by atoms with Gasteiger partial charge in [-0.05, 0) is 59.3 Å². The third-order valence-electron chi connectivity index (χ3n) is 3.01. The van der Waals surface area contributed by atoms with Gasteiger partial charge >= 0.3 is 0 Å². The van der Waals surface area contributed by atoms with Crippen molar-refractivity contribution in [2.75, 3.05) is 5.32 Å². The summed E-state index contributed by atoms with van der Waals surface area (Å²) in [6.45, 7) is 1.77. The molecule has 0 aliphatic carbocycles. The summed E-state index contributed by atoms with van der Waals surface area (Å²) in [5.74, 6) is 0.678. The number of aryl methyl sites for hydroxylation is 1. The minimum Gasteiger partial charge on any atom is -0.304 e. The van der Waals surface area contributed by atoms with Crippen molar-refractivity contribution in [3.05, 3.63) is 63.7 Å². The molecule has 6 nitrogen and oxygen atoms in total. The van der Waals surface area contributed by atoms with Crippen LogP contribution in [0.3, 0.4) is 0 Å². The van der Waals surface area contributed by atoms with Gasteiger partial charge in [-0.2, -0.15) is 0 Å². The Kier molecular flexibility index (Phi) is 4.40. The summed E-state index contributed by atoms with van der Waals surface area (Å²) in [4.78, 5) is 20.5. The Morgan fingerprint density at radius 1 is 1.22 bits per heavy atom. The van der Waals surface area contributed by atoms with Gasteiger partial charge < -0.3 is 5.32 Å². The standard InChI is InChI=1S/C15H11BrClN5O/c1-9-19-14(15(23)20-13-7-2-10(16)8-18-13)21-22(9)12-5-3-11(17)4-6-12/h2-8H,1H3,(H,18,20,23). The van der Waals surface area contributed by atoms with Crippen molar-refractivity contribution in [3.63, 3.8) is 0 Å². The predicted molar refractivity (Wildman–Crippen MR) is 91.0 cm³/mol. The molecule has 1 aromatic carbocycles. The molecule has 0 bridgehead atoms. The summed E-state index contributed by atoms with van der Waals surface area (Å²) in [7, 11) is 0.